The smallest absolute Gasteiger partial charge is 0.235 e. The minimum Gasteiger partial charge on any atom is -0.337 e. The van der Waals surface area contributed by atoms with Crippen LogP contribution in [-0.2, 0) is 11.3 Å². The first-order valence-corrected chi connectivity index (χ1v) is 7.57. The molecule has 1 aromatic rings. The summed E-state index contributed by atoms with van der Waals surface area (Å²) in [5.74, 6) is -0.106. The van der Waals surface area contributed by atoms with Crippen molar-refractivity contribution in [1.82, 2.24) is 20.4 Å². The average molecular weight is 289 g/mol. The highest BCUT2D eigenvalue weighted by Gasteiger charge is 2.33. The van der Waals surface area contributed by atoms with Gasteiger partial charge >= 0.3 is 0 Å². The Hall–Kier alpha value is -1.87. The number of nitrogens with one attached hydrogen (secondary N) is 2. The summed E-state index contributed by atoms with van der Waals surface area (Å²) < 4.78 is 1.83. The van der Waals surface area contributed by atoms with Crippen LogP contribution in [0.25, 0.3) is 0 Å². The Morgan fingerprint density at radius 3 is 2.86 bits per heavy atom. The summed E-state index contributed by atoms with van der Waals surface area (Å²) in [4.78, 5) is 12.0. The van der Waals surface area contributed by atoms with Crippen LogP contribution in [0.4, 0.5) is 0 Å². The summed E-state index contributed by atoms with van der Waals surface area (Å²) >= 11 is 0. The molecule has 0 aromatic carbocycles. The maximum absolute atomic E-state index is 12.0. The molecular weight excluding hydrogens is 266 g/mol. The zero-order chi connectivity index (χ0) is 15.1. The molecule has 0 spiro atoms. The van der Waals surface area contributed by atoms with E-state index in [4.69, 9.17) is 0 Å². The van der Waals surface area contributed by atoms with E-state index in [1.54, 1.807) is 6.20 Å². The van der Waals surface area contributed by atoms with E-state index < -0.39 is 5.54 Å². The van der Waals surface area contributed by atoms with E-state index >= 15 is 0 Å². The quantitative estimate of drug-likeness (QED) is 0.824. The Bertz CT molecular complexity index is 485. The van der Waals surface area contributed by atoms with Gasteiger partial charge in [0.05, 0.1) is 19.2 Å². The molecule has 1 atom stereocenters. The minimum atomic E-state index is -0.651. The van der Waals surface area contributed by atoms with Crippen LogP contribution in [0.1, 0.15) is 39.0 Å². The molecule has 114 valence electrons. The van der Waals surface area contributed by atoms with E-state index in [1.807, 2.05) is 23.9 Å². The van der Waals surface area contributed by atoms with Gasteiger partial charge in [0.15, 0.2) is 0 Å². The van der Waals surface area contributed by atoms with Crippen molar-refractivity contribution in [3.8, 4) is 6.07 Å². The summed E-state index contributed by atoms with van der Waals surface area (Å²) in [5, 5.41) is 19.6. The molecule has 0 bridgehead atoms. The molecule has 1 saturated carbocycles. The summed E-state index contributed by atoms with van der Waals surface area (Å²) in [6.45, 7) is 2.95. The minimum absolute atomic E-state index is 0.106. The second-order valence-electron chi connectivity index (χ2n) is 5.81. The molecule has 1 aromatic heterocycles. The lowest BCUT2D eigenvalue weighted by Crippen LogP contribution is -2.52. The van der Waals surface area contributed by atoms with Crippen LogP contribution in [0.15, 0.2) is 18.5 Å². The second kappa shape index (κ2) is 7.23. The van der Waals surface area contributed by atoms with Gasteiger partial charge in [-0.05, 0) is 25.8 Å². The third kappa shape index (κ3) is 4.57. The van der Waals surface area contributed by atoms with E-state index in [-0.39, 0.29) is 18.5 Å². The van der Waals surface area contributed by atoms with Crippen LogP contribution in [0.3, 0.4) is 0 Å². The van der Waals surface area contributed by atoms with Crippen molar-refractivity contribution in [2.75, 3.05) is 6.54 Å². The van der Waals surface area contributed by atoms with Crippen molar-refractivity contribution < 1.29 is 4.79 Å². The molecule has 6 heteroatoms. The van der Waals surface area contributed by atoms with Gasteiger partial charge in [-0.1, -0.05) is 19.3 Å². The number of amides is 1. The van der Waals surface area contributed by atoms with Crippen LogP contribution in [0, 0.1) is 11.3 Å². The Kier molecular flexibility index (Phi) is 5.34. The predicted octanol–water partition coefficient (Wildman–Crippen LogP) is 1.20. The van der Waals surface area contributed by atoms with Crippen LogP contribution >= 0.6 is 0 Å². The number of aromatic nitrogens is 2. The zero-order valence-corrected chi connectivity index (χ0v) is 12.5. The maximum Gasteiger partial charge on any atom is 0.235 e. The van der Waals surface area contributed by atoms with Gasteiger partial charge in [0.25, 0.3) is 0 Å². The fourth-order valence-corrected chi connectivity index (χ4v) is 2.75. The van der Waals surface area contributed by atoms with Gasteiger partial charge in [0, 0.05) is 18.4 Å². The van der Waals surface area contributed by atoms with Crippen LogP contribution < -0.4 is 10.6 Å². The Balaban J connectivity index is 1.75. The zero-order valence-electron chi connectivity index (χ0n) is 12.5. The topological polar surface area (TPSA) is 82.7 Å². The first kappa shape index (κ1) is 15.5. The molecule has 0 radical (unpaired) electrons. The first-order chi connectivity index (χ1) is 10.1. The van der Waals surface area contributed by atoms with Gasteiger partial charge in [-0.25, -0.2) is 0 Å². The number of nitriles is 1. The molecule has 0 aliphatic heterocycles. The number of carbonyl (C=O) groups is 1. The number of hydrogen-bond acceptors (Lipinski definition) is 4. The molecule has 1 unspecified atom stereocenters. The largest absolute Gasteiger partial charge is 0.337 e. The van der Waals surface area contributed by atoms with Crippen LogP contribution in [0.5, 0.6) is 0 Å². The molecular formula is C15H23N5O. The second-order valence-corrected chi connectivity index (χ2v) is 5.81. The molecule has 1 aliphatic rings. The van der Waals surface area contributed by atoms with E-state index in [2.05, 4.69) is 21.8 Å². The maximum atomic E-state index is 12.0. The molecule has 1 aliphatic carbocycles. The third-order valence-corrected chi connectivity index (χ3v) is 3.93. The molecule has 0 saturated heterocycles. The molecule has 1 amide bonds. The van der Waals surface area contributed by atoms with Gasteiger partial charge in [0.1, 0.15) is 5.54 Å². The SMILES string of the molecule is CC(Cn1cccn1)NCC(=O)NC1(C#N)CCCCC1. The number of hydrogen-bond donors (Lipinski definition) is 2. The van der Waals surface area contributed by atoms with Crippen LogP contribution in [0.2, 0.25) is 0 Å². The van der Waals surface area contributed by atoms with Crippen molar-refractivity contribution >= 4 is 5.91 Å². The lowest BCUT2D eigenvalue weighted by atomic mass is 9.83. The van der Waals surface area contributed by atoms with E-state index in [0.717, 1.165) is 32.1 Å². The fourth-order valence-electron chi connectivity index (χ4n) is 2.75. The first-order valence-electron chi connectivity index (χ1n) is 7.57. The molecule has 21 heavy (non-hydrogen) atoms. The molecule has 2 N–H and O–H groups in total. The third-order valence-electron chi connectivity index (χ3n) is 3.93. The molecule has 2 rings (SSSR count). The number of carbonyl (C=O) groups excluding carboxylic acids is 1. The van der Waals surface area contributed by atoms with E-state index in [9.17, 15) is 10.1 Å². The van der Waals surface area contributed by atoms with Crippen LogP contribution in [-0.4, -0.2) is 33.8 Å². The fraction of sp³-hybridized carbons (Fsp3) is 0.667. The predicted molar refractivity (Wildman–Crippen MR) is 79.3 cm³/mol. The summed E-state index contributed by atoms with van der Waals surface area (Å²) in [5.41, 5.74) is -0.651. The summed E-state index contributed by atoms with van der Waals surface area (Å²) in [7, 11) is 0. The highest BCUT2D eigenvalue weighted by Crippen LogP contribution is 2.27. The molecule has 1 heterocycles. The Labute approximate surface area is 125 Å². The highest BCUT2D eigenvalue weighted by molar-refractivity contribution is 5.79. The van der Waals surface area contributed by atoms with Gasteiger partial charge < -0.3 is 10.6 Å². The normalized spacial score (nSPS) is 18.7. The van der Waals surface area contributed by atoms with Gasteiger partial charge in [-0.2, -0.15) is 10.4 Å². The van der Waals surface area contributed by atoms with Gasteiger partial charge in [0.2, 0.25) is 5.91 Å². The van der Waals surface area contributed by atoms with Gasteiger partial charge in [-0.15, -0.1) is 0 Å². The standard InChI is InChI=1S/C15H23N5O/c1-13(11-20-9-5-8-18-20)17-10-14(21)19-15(12-16)6-3-2-4-7-15/h5,8-9,13,17H,2-4,6-7,10-11H2,1H3,(H,19,21). The summed E-state index contributed by atoms with van der Waals surface area (Å²) in [6.07, 6.45) is 8.33. The van der Waals surface area contributed by atoms with Crippen molar-refractivity contribution in [1.29, 1.82) is 5.26 Å². The molecule has 6 nitrogen and oxygen atoms in total. The number of nitrogens with zero attached hydrogens (tertiary/aromatic N) is 3. The Morgan fingerprint density at radius 2 is 2.24 bits per heavy atom. The van der Waals surface area contributed by atoms with Gasteiger partial charge in [-0.3, -0.25) is 9.48 Å². The highest BCUT2D eigenvalue weighted by atomic mass is 16.2. The Morgan fingerprint density at radius 1 is 1.48 bits per heavy atom. The van der Waals surface area contributed by atoms with E-state index in [1.165, 1.54) is 0 Å². The van der Waals surface area contributed by atoms with Crippen molar-refractivity contribution in [2.45, 2.75) is 57.2 Å². The van der Waals surface area contributed by atoms with Crippen molar-refractivity contribution in [3.05, 3.63) is 18.5 Å². The average Bonchev–Trinajstić information content (AvgIpc) is 2.99. The lowest BCUT2D eigenvalue weighted by Gasteiger charge is -2.31. The monoisotopic (exact) mass is 289 g/mol. The lowest BCUT2D eigenvalue weighted by molar-refractivity contribution is -0.122. The van der Waals surface area contributed by atoms with Crippen molar-refractivity contribution in [2.24, 2.45) is 0 Å². The van der Waals surface area contributed by atoms with E-state index in [0.29, 0.717) is 6.54 Å². The van der Waals surface area contributed by atoms with Crippen molar-refractivity contribution in [3.63, 3.8) is 0 Å². The summed E-state index contributed by atoms with van der Waals surface area (Å²) in [6, 6.07) is 4.31. The molecule has 1 fully saturated rings. The number of rotatable bonds is 6.